The summed E-state index contributed by atoms with van der Waals surface area (Å²) in [5, 5.41) is 9.66. The van der Waals surface area contributed by atoms with Gasteiger partial charge in [-0.05, 0) is 60.7 Å². The van der Waals surface area contributed by atoms with E-state index in [2.05, 4.69) is 20.9 Å². The Kier molecular flexibility index (Phi) is 5.33. The fourth-order valence-electron chi connectivity index (χ4n) is 2.87. The summed E-state index contributed by atoms with van der Waals surface area (Å²) in [4.78, 5) is 30.6. The molecule has 2 aromatic carbocycles. The molecule has 0 unspecified atom stereocenters. The lowest BCUT2D eigenvalue weighted by Crippen LogP contribution is -2.28. The number of carboxylic acid groups (broad SMARTS) is 1. The van der Waals surface area contributed by atoms with Crippen molar-refractivity contribution in [3.63, 3.8) is 0 Å². The van der Waals surface area contributed by atoms with Crippen LogP contribution >= 0.6 is 27.7 Å². The maximum atomic E-state index is 12.9. The van der Waals surface area contributed by atoms with Crippen molar-refractivity contribution in [2.45, 2.75) is 6.92 Å². The number of ether oxygens (including phenoxy) is 2. The fraction of sp³-hybridized carbons (Fsp3) is 0.150. The van der Waals surface area contributed by atoms with Gasteiger partial charge in [-0.25, -0.2) is 9.79 Å². The molecule has 7 nitrogen and oxygen atoms in total. The number of hydrogen-bond acceptors (Lipinski definition) is 6. The van der Waals surface area contributed by atoms with Crippen LogP contribution in [-0.2, 0) is 4.79 Å². The summed E-state index contributed by atoms with van der Waals surface area (Å²) < 4.78 is 11.6. The predicted molar refractivity (Wildman–Crippen MR) is 114 cm³/mol. The maximum Gasteiger partial charge on any atom is 0.335 e. The molecule has 2 aromatic rings. The van der Waals surface area contributed by atoms with Gasteiger partial charge in [0.15, 0.2) is 16.7 Å². The van der Waals surface area contributed by atoms with E-state index in [4.69, 9.17) is 14.6 Å². The van der Waals surface area contributed by atoms with Crippen LogP contribution in [0.2, 0.25) is 0 Å². The number of aliphatic imine (C=N–C) groups is 1. The minimum absolute atomic E-state index is 0.143. The van der Waals surface area contributed by atoms with Crippen LogP contribution in [0.4, 0.5) is 5.69 Å². The lowest BCUT2D eigenvalue weighted by molar-refractivity contribution is -0.122. The summed E-state index contributed by atoms with van der Waals surface area (Å²) in [6, 6.07) is 9.93. The van der Waals surface area contributed by atoms with E-state index in [1.54, 1.807) is 23.1 Å². The van der Waals surface area contributed by atoms with Gasteiger partial charge in [-0.15, -0.1) is 0 Å². The Balaban J connectivity index is 1.68. The first-order valence-corrected chi connectivity index (χ1v) is 10.3. The summed E-state index contributed by atoms with van der Waals surface area (Å²) in [5.41, 5.74) is 1.41. The number of benzene rings is 2. The lowest BCUT2D eigenvalue weighted by Gasteiger charge is -2.12. The van der Waals surface area contributed by atoms with Crippen LogP contribution in [0.15, 0.2) is 50.8 Å². The van der Waals surface area contributed by atoms with Gasteiger partial charge in [0.1, 0.15) is 0 Å². The van der Waals surface area contributed by atoms with Gasteiger partial charge in [0, 0.05) is 11.0 Å². The van der Waals surface area contributed by atoms with Crippen molar-refractivity contribution >= 4 is 56.5 Å². The third kappa shape index (κ3) is 3.88. The number of amides is 1. The van der Waals surface area contributed by atoms with Crippen molar-refractivity contribution in [1.29, 1.82) is 0 Å². The predicted octanol–water partition coefficient (Wildman–Crippen LogP) is 4.50. The number of carbonyl (C=O) groups excluding carboxylic acids is 1. The Morgan fingerprint density at radius 3 is 2.79 bits per heavy atom. The van der Waals surface area contributed by atoms with E-state index >= 15 is 0 Å². The molecule has 1 amide bonds. The summed E-state index contributed by atoms with van der Waals surface area (Å²) >= 11 is 4.74. The molecule has 148 valence electrons. The molecule has 2 aliphatic heterocycles. The van der Waals surface area contributed by atoms with Crippen LogP contribution < -0.4 is 9.47 Å². The number of carbonyl (C=O) groups is 2. The average Bonchev–Trinajstić information content (AvgIpc) is 3.26. The Bertz CT molecular complexity index is 1080. The normalized spacial score (nSPS) is 18.1. The monoisotopic (exact) mass is 474 g/mol. The average molecular weight is 475 g/mol. The fourth-order valence-corrected chi connectivity index (χ4v) is 4.36. The standard InChI is InChI=1S/C20H15BrN2O5S/c1-2-23-18(24)17(8-12-7-15-16(9-14(12)21)28-10-27-15)29-20(23)22-13-5-3-4-11(6-13)19(25)26/h3-9H,2,10H2,1H3,(H,25,26)/b17-8-,22-20?. The molecule has 0 aromatic heterocycles. The number of carboxylic acids is 1. The van der Waals surface area contributed by atoms with Crippen molar-refractivity contribution in [3.8, 4) is 11.5 Å². The van der Waals surface area contributed by atoms with Gasteiger partial charge in [0.2, 0.25) is 6.79 Å². The molecule has 0 spiro atoms. The van der Waals surface area contributed by atoms with E-state index in [0.717, 1.165) is 10.0 Å². The number of halogens is 1. The first-order valence-electron chi connectivity index (χ1n) is 8.69. The van der Waals surface area contributed by atoms with E-state index < -0.39 is 5.97 Å². The Labute approximate surface area is 179 Å². The number of rotatable bonds is 4. The molecule has 1 saturated heterocycles. The molecule has 29 heavy (non-hydrogen) atoms. The molecule has 0 aliphatic carbocycles. The molecule has 0 atom stereocenters. The van der Waals surface area contributed by atoms with E-state index in [1.165, 1.54) is 23.9 Å². The maximum absolute atomic E-state index is 12.9. The number of amidine groups is 1. The zero-order chi connectivity index (χ0) is 20.5. The van der Waals surface area contributed by atoms with E-state index in [-0.39, 0.29) is 18.3 Å². The molecule has 0 radical (unpaired) electrons. The minimum atomic E-state index is -1.03. The first-order chi connectivity index (χ1) is 14.0. The number of aromatic carboxylic acids is 1. The molecular weight excluding hydrogens is 460 g/mol. The highest BCUT2D eigenvalue weighted by atomic mass is 79.9. The highest BCUT2D eigenvalue weighted by molar-refractivity contribution is 9.10. The van der Waals surface area contributed by atoms with Crippen molar-refractivity contribution in [2.75, 3.05) is 13.3 Å². The Morgan fingerprint density at radius 2 is 2.07 bits per heavy atom. The third-order valence-corrected chi connectivity index (χ3v) is 5.99. The van der Waals surface area contributed by atoms with Crippen molar-refractivity contribution < 1.29 is 24.2 Å². The van der Waals surface area contributed by atoms with E-state index in [0.29, 0.717) is 33.8 Å². The number of nitrogens with zero attached hydrogens (tertiary/aromatic N) is 2. The number of hydrogen-bond donors (Lipinski definition) is 1. The second-order valence-corrected chi connectivity index (χ2v) is 8.00. The van der Waals surface area contributed by atoms with Crippen molar-refractivity contribution in [1.82, 2.24) is 4.90 Å². The molecule has 2 aliphatic rings. The zero-order valence-electron chi connectivity index (χ0n) is 15.2. The second-order valence-electron chi connectivity index (χ2n) is 6.14. The van der Waals surface area contributed by atoms with Crippen LogP contribution in [0.25, 0.3) is 6.08 Å². The van der Waals surface area contributed by atoms with E-state index in [9.17, 15) is 9.59 Å². The minimum Gasteiger partial charge on any atom is -0.478 e. The molecule has 9 heteroatoms. The van der Waals surface area contributed by atoms with Gasteiger partial charge in [0.25, 0.3) is 5.91 Å². The van der Waals surface area contributed by atoms with Crippen LogP contribution in [0.5, 0.6) is 11.5 Å². The lowest BCUT2D eigenvalue weighted by atomic mass is 10.2. The second kappa shape index (κ2) is 7.92. The van der Waals surface area contributed by atoms with Gasteiger partial charge in [-0.1, -0.05) is 22.0 Å². The number of thioether (sulfide) groups is 1. The summed E-state index contributed by atoms with van der Waals surface area (Å²) in [7, 11) is 0. The largest absolute Gasteiger partial charge is 0.478 e. The summed E-state index contributed by atoms with van der Waals surface area (Å²) in [6.45, 7) is 2.48. The van der Waals surface area contributed by atoms with Gasteiger partial charge in [0.05, 0.1) is 16.2 Å². The Hall–Kier alpha value is -2.78. The van der Waals surface area contributed by atoms with Crippen LogP contribution in [0, 0.1) is 0 Å². The number of likely N-dealkylation sites (N-methyl/N-ethyl adjacent to an activating group) is 1. The molecule has 0 bridgehead atoms. The van der Waals surface area contributed by atoms with E-state index in [1.807, 2.05) is 19.1 Å². The summed E-state index contributed by atoms with van der Waals surface area (Å²) in [6.07, 6.45) is 1.78. The van der Waals surface area contributed by atoms with Crippen LogP contribution in [0.1, 0.15) is 22.8 Å². The number of fused-ring (bicyclic) bond motifs is 1. The SMILES string of the molecule is CCN1C(=O)/C(=C/c2cc3c(cc2Br)OCO3)SC1=Nc1cccc(C(=O)O)c1. The van der Waals surface area contributed by atoms with Crippen LogP contribution in [-0.4, -0.2) is 40.4 Å². The molecule has 1 N–H and O–H groups in total. The highest BCUT2D eigenvalue weighted by Crippen LogP contribution is 2.40. The van der Waals surface area contributed by atoms with Gasteiger partial charge < -0.3 is 14.6 Å². The molecular formula is C20H15BrN2O5S. The Morgan fingerprint density at radius 1 is 1.31 bits per heavy atom. The quantitative estimate of drug-likeness (QED) is 0.656. The van der Waals surface area contributed by atoms with Crippen molar-refractivity contribution in [2.24, 2.45) is 4.99 Å². The molecule has 1 fully saturated rings. The van der Waals surface area contributed by atoms with Gasteiger partial charge >= 0.3 is 5.97 Å². The summed E-state index contributed by atoms with van der Waals surface area (Å²) in [5.74, 6) is 0.0976. The molecule has 4 rings (SSSR count). The smallest absolute Gasteiger partial charge is 0.335 e. The highest BCUT2D eigenvalue weighted by Gasteiger charge is 2.32. The molecule has 0 saturated carbocycles. The van der Waals surface area contributed by atoms with Crippen molar-refractivity contribution in [3.05, 3.63) is 56.9 Å². The molecule has 2 heterocycles. The zero-order valence-corrected chi connectivity index (χ0v) is 17.6. The first kappa shape index (κ1) is 19.5. The van der Waals surface area contributed by atoms with Crippen LogP contribution in [0.3, 0.4) is 0 Å². The third-order valence-electron chi connectivity index (χ3n) is 4.30. The topological polar surface area (TPSA) is 88.4 Å². The van der Waals surface area contributed by atoms with Gasteiger partial charge in [-0.3, -0.25) is 9.69 Å². The van der Waals surface area contributed by atoms with Gasteiger partial charge in [-0.2, -0.15) is 0 Å².